The molecule has 0 saturated carbocycles. The van der Waals surface area contributed by atoms with Crippen molar-refractivity contribution in [3.63, 3.8) is 0 Å². The summed E-state index contributed by atoms with van der Waals surface area (Å²) in [5.74, 6) is 0. The molecule has 3 aromatic rings. The Morgan fingerprint density at radius 3 is 2.62 bits per heavy atom. The van der Waals surface area contributed by atoms with Crippen LogP contribution in [0.2, 0.25) is 0 Å². The third-order valence-electron chi connectivity index (χ3n) is 9.01. The van der Waals surface area contributed by atoms with Crippen LogP contribution in [0.1, 0.15) is 46.8 Å². The SMILES string of the molecule is CN1Cc2cccc(N3CCN(C(=O)OCc4ccccc4)CC3)c2CC1CN(C)C1CCCc2cccnc21. The van der Waals surface area contributed by atoms with E-state index < -0.39 is 0 Å². The Bertz CT molecular complexity index is 1310. The Labute approximate surface area is 238 Å². The van der Waals surface area contributed by atoms with Crippen molar-refractivity contribution in [1.82, 2.24) is 19.7 Å². The number of ether oxygens (including phenoxy) is 1. The van der Waals surface area contributed by atoms with Crippen LogP contribution >= 0.6 is 0 Å². The molecule has 1 fully saturated rings. The molecule has 2 atom stereocenters. The maximum Gasteiger partial charge on any atom is 0.410 e. The molecule has 2 aliphatic heterocycles. The van der Waals surface area contributed by atoms with Crippen LogP contribution in [0.25, 0.3) is 0 Å². The Kier molecular flexibility index (Phi) is 8.03. The van der Waals surface area contributed by atoms with E-state index in [2.05, 4.69) is 59.1 Å². The van der Waals surface area contributed by atoms with Gasteiger partial charge in [-0.15, -0.1) is 0 Å². The molecule has 3 aliphatic rings. The predicted molar refractivity (Wildman–Crippen MR) is 158 cm³/mol. The van der Waals surface area contributed by atoms with Gasteiger partial charge in [0.25, 0.3) is 0 Å². The normalized spacial score (nSPS) is 21.2. The highest BCUT2D eigenvalue weighted by Crippen LogP contribution is 2.35. The molecule has 1 aromatic heterocycles. The predicted octanol–water partition coefficient (Wildman–Crippen LogP) is 4.91. The van der Waals surface area contributed by atoms with Gasteiger partial charge in [0, 0.05) is 57.2 Å². The summed E-state index contributed by atoms with van der Waals surface area (Å²) in [7, 11) is 4.54. The van der Waals surface area contributed by atoms with Gasteiger partial charge in [-0.25, -0.2) is 4.79 Å². The van der Waals surface area contributed by atoms with Crippen LogP contribution in [0.15, 0.2) is 66.9 Å². The van der Waals surface area contributed by atoms with Crippen molar-refractivity contribution in [3.8, 4) is 0 Å². The number of piperazine rings is 1. The zero-order valence-corrected chi connectivity index (χ0v) is 23.8. The van der Waals surface area contributed by atoms with Crippen molar-refractivity contribution in [2.45, 2.75) is 50.9 Å². The molecule has 2 aromatic carbocycles. The van der Waals surface area contributed by atoms with E-state index in [9.17, 15) is 4.79 Å². The number of fused-ring (bicyclic) bond motifs is 2. The molecule has 0 N–H and O–H groups in total. The number of anilines is 1. The van der Waals surface area contributed by atoms with E-state index in [1.165, 1.54) is 40.9 Å². The number of rotatable bonds is 6. The first kappa shape index (κ1) is 26.8. The zero-order chi connectivity index (χ0) is 27.5. The van der Waals surface area contributed by atoms with Gasteiger partial charge in [-0.05, 0) is 74.2 Å². The van der Waals surface area contributed by atoms with Crippen molar-refractivity contribution >= 4 is 11.8 Å². The van der Waals surface area contributed by atoms with Crippen molar-refractivity contribution in [2.75, 3.05) is 51.7 Å². The van der Waals surface area contributed by atoms with Gasteiger partial charge in [-0.2, -0.15) is 0 Å². The monoisotopic (exact) mass is 539 g/mol. The average molecular weight is 540 g/mol. The lowest BCUT2D eigenvalue weighted by Gasteiger charge is -2.42. The van der Waals surface area contributed by atoms with Crippen LogP contribution < -0.4 is 4.90 Å². The summed E-state index contributed by atoms with van der Waals surface area (Å²) >= 11 is 0. The molecule has 1 aliphatic carbocycles. The van der Waals surface area contributed by atoms with Crippen LogP contribution in [0, 0.1) is 0 Å². The van der Waals surface area contributed by atoms with Crippen LogP contribution in [-0.4, -0.2) is 78.6 Å². The van der Waals surface area contributed by atoms with Gasteiger partial charge in [0.15, 0.2) is 0 Å². The molecule has 1 amide bonds. The highest BCUT2D eigenvalue weighted by molar-refractivity contribution is 5.68. The number of carbonyl (C=O) groups is 1. The van der Waals surface area contributed by atoms with Gasteiger partial charge < -0.3 is 14.5 Å². The minimum absolute atomic E-state index is 0.220. The van der Waals surface area contributed by atoms with E-state index in [0.717, 1.165) is 44.6 Å². The van der Waals surface area contributed by atoms with E-state index in [-0.39, 0.29) is 6.09 Å². The Morgan fingerprint density at radius 2 is 1.80 bits per heavy atom. The number of aryl methyl sites for hydroxylation is 1. The number of amides is 1. The van der Waals surface area contributed by atoms with Crippen LogP contribution in [0.5, 0.6) is 0 Å². The Hall–Kier alpha value is -3.42. The lowest BCUT2D eigenvalue weighted by Crippen LogP contribution is -2.50. The van der Waals surface area contributed by atoms with Gasteiger partial charge >= 0.3 is 6.09 Å². The van der Waals surface area contributed by atoms with E-state index in [1.807, 2.05) is 41.4 Å². The van der Waals surface area contributed by atoms with Gasteiger partial charge in [0.05, 0.1) is 11.7 Å². The summed E-state index contributed by atoms with van der Waals surface area (Å²) in [5, 5.41) is 0. The number of hydrogen-bond acceptors (Lipinski definition) is 6. The largest absolute Gasteiger partial charge is 0.445 e. The highest BCUT2D eigenvalue weighted by atomic mass is 16.6. The lowest BCUT2D eigenvalue weighted by atomic mass is 9.89. The second-order valence-electron chi connectivity index (χ2n) is 11.6. The molecule has 7 heteroatoms. The molecule has 3 heterocycles. The second kappa shape index (κ2) is 12.0. The first-order chi connectivity index (χ1) is 19.6. The number of hydrogen-bond donors (Lipinski definition) is 0. The molecule has 0 bridgehead atoms. The number of aromatic nitrogens is 1. The molecule has 2 unspecified atom stereocenters. The van der Waals surface area contributed by atoms with Gasteiger partial charge in [-0.3, -0.25) is 14.8 Å². The quantitative estimate of drug-likeness (QED) is 0.444. The van der Waals surface area contributed by atoms with Crippen molar-refractivity contribution in [2.24, 2.45) is 0 Å². The number of pyridine rings is 1. The minimum atomic E-state index is -0.220. The molecule has 0 spiro atoms. The lowest BCUT2D eigenvalue weighted by molar-refractivity contribution is 0.0941. The van der Waals surface area contributed by atoms with E-state index in [4.69, 9.17) is 9.72 Å². The van der Waals surface area contributed by atoms with E-state index >= 15 is 0 Å². The summed E-state index contributed by atoms with van der Waals surface area (Å²) < 4.78 is 5.59. The van der Waals surface area contributed by atoms with Gasteiger partial charge in [0.1, 0.15) is 6.61 Å². The molecule has 210 valence electrons. The van der Waals surface area contributed by atoms with Gasteiger partial charge in [-0.1, -0.05) is 48.5 Å². The topological polar surface area (TPSA) is 52.1 Å². The third kappa shape index (κ3) is 5.72. The van der Waals surface area contributed by atoms with Gasteiger partial charge in [0.2, 0.25) is 0 Å². The summed E-state index contributed by atoms with van der Waals surface area (Å²) in [5.41, 5.74) is 7.93. The maximum absolute atomic E-state index is 12.7. The fraction of sp³-hybridized carbons (Fsp3) is 0.455. The minimum Gasteiger partial charge on any atom is -0.445 e. The highest BCUT2D eigenvalue weighted by Gasteiger charge is 2.32. The summed E-state index contributed by atoms with van der Waals surface area (Å²) in [6.45, 7) is 5.30. The maximum atomic E-state index is 12.7. The second-order valence-corrected chi connectivity index (χ2v) is 11.6. The molecule has 1 saturated heterocycles. The standard InChI is InChI=1S/C33H41N5O2/c1-35-22-27-12-7-14-30(37-17-19-38(20-18-37)33(39)40-24-25-9-4-3-5-10-25)29(27)21-28(35)23-36(2)31-15-6-11-26-13-8-16-34-32(26)31/h3-5,7-10,12-14,16,28,31H,6,11,15,17-24H2,1-2H3. The fourth-order valence-electron chi connectivity index (χ4n) is 6.71. The summed E-state index contributed by atoms with van der Waals surface area (Å²) in [4.78, 5) is 26.9. The smallest absolute Gasteiger partial charge is 0.410 e. The molecule has 0 radical (unpaired) electrons. The molecule has 7 nitrogen and oxygen atoms in total. The Balaban J connectivity index is 1.09. The Morgan fingerprint density at radius 1 is 1.00 bits per heavy atom. The first-order valence-corrected chi connectivity index (χ1v) is 14.7. The third-order valence-corrected chi connectivity index (χ3v) is 9.01. The van der Waals surface area contributed by atoms with Crippen molar-refractivity contribution < 1.29 is 9.53 Å². The fourth-order valence-corrected chi connectivity index (χ4v) is 6.71. The number of nitrogens with zero attached hydrogens (tertiary/aromatic N) is 5. The molecular weight excluding hydrogens is 498 g/mol. The zero-order valence-electron chi connectivity index (χ0n) is 23.8. The first-order valence-electron chi connectivity index (χ1n) is 14.7. The molecule has 6 rings (SSSR count). The number of likely N-dealkylation sites (N-methyl/N-ethyl adjacent to an activating group) is 2. The van der Waals surface area contributed by atoms with Crippen molar-refractivity contribution in [1.29, 1.82) is 0 Å². The van der Waals surface area contributed by atoms with E-state index in [0.29, 0.717) is 31.8 Å². The van der Waals surface area contributed by atoms with Crippen LogP contribution in [0.3, 0.4) is 0 Å². The summed E-state index contributed by atoms with van der Waals surface area (Å²) in [6, 6.07) is 21.8. The van der Waals surface area contributed by atoms with E-state index in [1.54, 1.807) is 0 Å². The average Bonchev–Trinajstić information content (AvgIpc) is 3.00. The number of benzene rings is 2. The van der Waals surface area contributed by atoms with Crippen LogP contribution in [-0.2, 0) is 30.7 Å². The summed E-state index contributed by atoms with van der Waals surface area (Å²) in [6.07, 6.45) is 6.31. The molecule has 40 heavy (non-hydrogen) atoms. The van der Waals surface area contributed by atoms with Crippen LogP contribution in [0.4, 0.5) is 10.5 Å². The van der Waals surface area contributed by atoms with Crippen molar-refractivity contribution in [3.05, 3.63) is 94.8 Å². The number of carbonyl (C=O) groups excluding carboxylic acids is 1. The molecular formula is C33H41N5O2.